The molecule has 0 aliphatic heterocycles. The van der Waals surface area contributed by atoms with E-state index in [2.05, 4.69) is 5.10 Å². The van der Waals surface area contributed by atoms with E-state index in [9.17, 15) is 9.59 Å². The first kappa shape index (κ1) is 19.2. The number of rotatable bonds is 6. The molecule has 3 aromatic rings. The van der Waals surface area contributed by atoms with Crippen LogP contribution in [0.15, 0.2) is 42.5 Å². The Balaban J connectivity index is 2.29. The van der Waals surface area contributed by atoms with Crippen LogP contribution in [0.1, 0.15) is 20.8 Å². The van der Waals surface area contributed by atoms with Crippen molar-refractivity contribution in [2.75, 3.05) is 14.2 Å². The molecule has 4 N–H and O–H groups in total. The van der Waals surface area contributed by atoms with Crippen LogP contribution < -0.4 is 20.9 Å². The van der Waals surface area contributed by atoms with E-state index < -0.39 is 11.8 Å². The van der Waals surface area contributed by atoms with Crippen molar-refractivity contribution < 1.29 is 19.1 Å². The molecule has 0 unspecified atom stereocenters. The van der Waals surface area contributed by atoms with Gasteiger partial charge in [-0.15, -0.1) is 0 Å². The average molecular weight is 401 g/mol. The zero-order valence-electron chi connectivity index (χ0n) is 15.1. The second kappa shape index (κ2) is 7.61. The Kier molecular flexibility index (Phi) is 5.23. The van der Waals surface area contributed by atoms with Crippen LogP contribution in [0.3, 0.4) is 0 Å². The predicted octanol–water partition coefficient (Wildman–Crippen LogP) is 2.41. The van der Waals surface area contributed by atoms with Gasteiger partial charge in [0, 0.05) is 0 Å². The van der Waals surface area contributed by atoms with Gasteiger partial charge in [-0.1, -0.05) is 17.7 Å². The first-order valence-electron chi connectivity index (χ1n) is 8.08. The summed E-state index contributed by atoms with van der Waals surface area (Å²) in [5, 5.41) is 4.43. The zero-order valence-corrected chi connectivity index (χ0v) is 15.9. The Bertz CT molecular complexity index is 1060. The van der Waals surface area contributed by atoms with E-state index in [-0.39, 0.29) is 16.3 Å². The fourth-order valence-electron chi connectivity index (χ4n) is 2.82. The lowest BCUT2D eigenvalue weighted by Crippen LogP contribution is -2.13. The summed E-state index contributed by atoms with van der Waals surface area (Å²) >= 11 is 6.18. The van der Waals surface area contributed by atoms with Gasteiger partial charge in [0.25, 0.3) is 5.91 Å². The molecule has 8 nitrogen and oxygen atoms in total. The topological polar surface area (TPSA) is 122 Å². The Morgan fingerprint density at radius 3 is 2.14 bits per heavy atom. The van der Waals surface area contributed by atoms with Gasteiger partial charge in [-0.3, -0.25) is 9.59 Å². The number of hydrogen-bond acceptors (Lipinski definition) is 5. The van der Waals surface area contributed by atoms with E-state index in [1.54, 1.807) is 24.3 Å². The molecule has 0 saturated heterocycles. The lowest BCUT2D eigenvalue weighted by Gasteiger charge is -2.15. The highest BCUT2D eigenvalue weighted by molar-refractivity contribution is 6.34. The molecular formula is C19H17ClN4O4. The highest BCUT2D eigenvalue weighted by Gasteiger charge is 2.22. The molecule has 0 aliphatic rings. The maximum absolute atomic E-state index is 11.7. The summed E-state index contributed by atoms with van der Waals surface area (Å²) in [7, 11) is 3.04. The van der Waals surface area contributed by atoms with E-state index in [0.717, 1.165) is 0 Å². The number of methoxy groups -OCH3 is 2. The van der Waals surface area contributed by atoms with Gasteiger partial charge in [0.1, 0.15) is 11.5 Å². The number of primary amides is 2. The molecule has 1 heterocycles. The zero-order chi connectivity index (χ0) is 20.4. The van der Waals surface area contributed by atoms with Gasteiger partial charge >= 0.3 is 0 Å². The SMILES string of the molecule is COc1cccc(OC)c1-c1cc(C(N)=O)nn1-c1ccc(C(N)=O)c(Cl)c1. The van der Waals surface area contributed by atoms with E-state index in [1.807, 2.05) is 0 Å². The largest absolute Gasteiger partial charge is 0.496 e. The van der Waals surface area contributed by atoms with Crippen LogP contribution in [-0.4, -0.2) is 35.8 Å². The molecule has 9 heteroatoms. The smallest absolute Gasteiger partial charge is 0.269 e. The van der Waals surface area contributed by atoms with Crippen molar-refractivity contribution in [3.8, 4) is 28.4 Å². The van der Waals surface area contributed by atoms with Gasteiger partial charge in [-0.25, -0.2) is 4.68 Å². The molecule has 0 aliphatic carbocycles. The number of halogens is 1. The van der Waals surface area contributed by atoms with Gasteiger partial charge < -0.3 is 20.9 Å². The summed E-state index contributed by atoms with van der Waals surface area (Å²) in [5.74, 6) is -0.331. The Labute approximate surface area is 165 Å². The van der Waals surface area contributed by atoms with Crippen molar-refractivity contribution in [1.29, 1.82) is 0 Å². The number of carbonyl (C=O) groups is 2. The van der Waals surface area contributed by atoms with Crippen molar-refractivity contribution >= 4 is 23.4 Å². The number of hydrogen-bond donors (Lipinski definition) is 2. The third-order valence-corrected chi connectivity index (χ3v) is 4.42. The van der Waals surface area contributed by atoms with Crippen LogP contribution in [0.5, 0.6) is 11.5 Å². The molecule has 0 atom stereocenters. The Hall–Kier alpha value is -3.52. The number of ether oxygens (including phenoxy) is 2. The minimum Gasteiger partial charge on any atom is -0.496 e. The van der Waals surface area contributed by atoms with Crippen LogP contribution in [0.25, 0.3) is 16.9 Å². The van der Waals surface area contributed by atoms with Gasteiger partial charge in [0.2, 0.25) is 5.91 Å². The summed E-state index contributed by atoms with van der Waals surface area (Å²) < 4.78 is 12.4. The molecule has 2 amide bonds. The molecule has 0 saturated carbocycles. The number of carbonyl (C=O) groups excluding carboxylic acids is 2. The third-order valence-electron chi connectivity index (χ3n) is 4.11. The highest BCUT2D eigenvalue weighted by Crippen LogP contribution is 2.39. The Morgan fingerprint density at radius 2 is 1.64 bits per heavy atom. The summed E-state index contributed by atoms with van der Waals surface area (Å²) in [6.07, 6.45) is 0. The first-order valence-corrected chi connectivity index (χ1v) is 8.46. The van der Waals surface area contributed by atoms with Crippen LogP contribution >= 0.6 is 11.6 Å². The standard InChI is InChI=1S/C19H17ClN4O4/c1-27-15-4-3-5-16(28-2)17(15)14-9-13(19(22)26)23-24(14)10-6-7-11(18(21)25)12(20)8-10/h3-9H,1-2H3,(H2,21,25)(H2,22,26). The summed E-state index contributed by atoms with van der Waals surface area (Å²) in [6.45, 7) is 0. The third kappa shape index (κ3) is 3.37. The van der Waals surface area contributed by atoms with Crippen molar-refractivity contribution in [1.82, 2.24) is 9.78 Å². The normalized spacial score (nSPS) is 10.5. The molecule has 144 valence electrons. The van der Waals surface area contributed by atoms with E-state index in [0.29, 0.717) is 28.4 Å². The quantitative estimate of drug-likeness (QED) is 0.657. The lowest BCUT2D eigenvalue weighted by molar-refractivity contribution is 0.0989. The van der Waals surface area contributed by atoms with E-state index in [1.165, 1.54) is 37.1 Å². The second-order valence-electron chi connectivity index (χ2n) is 5.76. The molecule has 2 aromatic carbocycles. The minimum absolute atomic E-state index is 0.0399. The number of benzene rings is 2. The predicted molar refractivity (Wildman–Crippen MR) is 104 cm³/mol. The van der Waals surface area contributed by atoms with Crippen LogP contribution in [0.4, 0.5) is 0 Å². The molecule has 0 radical (unpaired) electrons. The maximum atomic E-state index is 11.7. The van der Waals surface area contributed by atoms with Crippen LogP contribution in [-0.2, 0) is 0 Å². The van der Waals surface area contributed by atoms with E-state index in [4.69, 9.17) is 32.5 Å². The fourth-order valence-corrected chi connectivity index (χ4v) is 3.08. The molecule has 0 spiro atoms. The van der Waals surface area contributed by atoms with E-state index >= 15 is 0 Å². The van der Waals surface area contributed by atoms with Gasteiger partial charge in [-0.05, 0) is 36.4 Å². The molecular weight excluding hydrogens is 384 g/mol. The summed E-state index contributed by atoms with van der Waals surface area (Å²) in [6, 6.07) is 11.4. The number of amides is 2. The average Bonchev–Trinajstić information content (AvgIpc) is 3.12. The fraction of sp³-hybridized carbons (Fsp3) is 0.105. The van der Waals surface area contributed by atoms with Crippen molar-refractivity contribution in [3.05, 3.63) is 58.7 Å². The van der Waals surface area contributed by atoms with Crippen molar-refractivity contribution in [3.63, 3.8) is 0 Å². The Morgan fingerprint density at radius 1 is 1.00 bits per heavy atom. The lowest BCUT2D eigenvalue weighted by atomic mass is 10.1. The molecule has 0 bridgehead atoms. The summed E-state index contributed by atoms with van der Waals surface area (Å²) in [4.78, 5) is 23.2. The van der Waals surface area contributed by atoms with Gasteiger partial charge in [0.05, 0.1) is 41.8 Å². The highest BCUT2D eigenvalue weighted by atomic mass is 35.5. The van der Waals surface area contributed by atoms with Gasteiger partial charge in [-0.2, -0.15) is 5.10 Å². The number of nitrogens with zero attached hydrogens (tertiary/aromatic N) is 2. The molecule has 1 aromatic heterocycles. The van der Waals surface area contributed by atoms with Gasteiger partial charge in [0.15, 0.2) is 5.69 Å². The molecule has 3 rings (SSSR count). The number of aromatic nitrogens is 2. The monoisotopic (exact) mass is 400 g/mol. The number of nitrogens with two attached hydrogens (primary N) is 2. The van der Waals surface area contributed by atoms with Crippen molar-refractivity contribution in [2.24, 2.45) is 11.5 Å². The molecule has 0 fully saturated rings. The summed E-state index contributed by atoms with van der Waals surface area (Å²) in [5.41, 5.74) is 12.5. The first-order chi connectivity index (χ1) is 13.4. The molecule has 28 heavy (non-hydrogen) atoms. The van der Waals surface area contributed by atoms with Crippen molar-refractivity contribution in [2.45, 2.75) is 0 Å². The minimum atomic E-state index is -0.700. The van der Waals surface area contributed by atoms with Crippen LogP contribution in [0.2, 0.25) is 5.02 Å². The van der Waals surface area contributed by atoms with Crippen LogP contribution in [0, 0.1) is 0 Å². The maximum Gasteiger partial charge on any atom is 0.269 e. The second-order valence-corrected chi connectivity index (χ2v) is 6.16.